The van der Waals surface area contributed by atoms with Crippen LogP contribution in [-0.4, -0.2) is 15.8 Å². The Kier molecular flexibility index (Phi) is 2.04. The molecular weight excluding hydrogens is 224 g/mol. The molecule has 2 fully saturated rings. The van der Waals surface area contributed by atoms with Crippen LogP contribution in [0, 0.1) is 0 Å². The topological polar surface area (TPSA) is 48.6 Å². The van der Waals surface area contributed by atoms with Gasteiger partial charge in [-0.3, -0.25) is 4.79 Å². The second kappa shape index (κ2) is 3.61. The second-order valence-electron chi connectivity index (χ2n) is 5.49. The Morgan fingerprint density at radius 3 is 1.72 bits per heavy atom. The Morgan fingerprint density at radius 2 is 1.33 bits per heavy atom. The molecule has 2 heterocycles. The normalized spacial score (nSPS) is 19.1. The van der Waals surface area contributed by atoms with E-state index in [4.69, 9.17) is 0 Å². The van der Waals surface area contributed by atoms with E-state index >= 15 is 0 Å². The predicted octanol–water partition coefficient (Wildman–Crippen LogP) is 3.33. The van der Waals surface area contributed by atoms with Crippen LogP contribution in [0.5, 0.6) is 0 Å². The van der Waals surface area contributed by atoms with E-state index in [9.17, 15) is 4.79 Å². The third-order valence-corrected chi connectivity index (χ3v) is 4.02. The van der Waals surface area contributed by atoms with E-state index in [1.165, 1.54) is 25.7 Å². The lowest BCUT2D eigenvalue weighted by Gasteiger charge is -2.03. The molecule has 2 aliphatic rings. The smallest absolute Gasteiger partial charge is 0.196 e. The number of carbonyl (C=O) groups excluding carboxylic acids is 1. The van der Waals surface area contributed by atoms with Gasteiger partial charge in [-0.25, -0.2) is 0 Å². The molecule has 0 atom stereocenters. The van der Waals surface area contributed by atoms with Gasteiger partial charge in [0.25, 0.3) is 0 Å². The summed E-state index contributed by atoms with van der Waals surface area (Å²) in [6, 6.07) is 3.86. The van der Waals surface area contributed by atoms with Crippen LogP contribution >= 0.6 is 0 Å². The summed E-state index contributed by atoms with van der Waals surface area (Å²) in [5, 5.41) is 0. The van der Waals surface area contributed by atoms with Crippen molar-refractivity contribution in [3.8, 4) is 0 Å². The summed E-state index contributed by atoms with van der Waals surface area (Å²) < 4.78 is 0. The highest BCUT2D eigenvalue weighted by Crippen LogP contribution is 2.43. The van der Waals surface area contributed by atoms with Crippen LogP contribution in [0.25, 0.3) is 0 Å². The SMILES string of the molecule is O=C(c1cc[nH]c1C1CC1)c1cc[nH]c1C1CC1. The van der Waals surface area contributed by atoms with Gasteiger partial charge in [0, 0.05) is 34.9 Å². The minimum atomic E-state index is 0.182. The van der Waals surface area contributed by atoms with E-state index < -0.39 is 0 Å². The molecule has 0 radical (unpaired) electrons. The molecule has 0 aliphatic heterocycles. The molecule has 2 aliphatic carbocycles. The van der Waals surface area contributed by atoms with Crippen LogP contribution in [0.4, 0.5) is 0 Å². The van der Waals surface area contributed by atoms with Gasteiger partial charge in [-0.1, -0.05) is 0 Å². The highest BCUT2D eigenvalue weighted by Gasteiger charge is 2.33. The largest absolute Gasteiger partial charge is 0.364 e. The van der Waals surface area contributed by atoms with Crippen LogP contribution < -0.4 is 0 Å². The highest BCUT2D eigenvalue weighted by molar-refractivity contribution is 6.10. The molecule has 0 bridgehead atoms. The predicted molar refractivity (Wildman–Crippen MR) is 69.0 cm³/mol. The fraction of sp³-hybridized carbons (Fsp3) is 0.400. The first-order chi connectivity index (χ1) is 8.84. The molecule has 92 valence electrons. The number of aromatic nitrogens is 2. The number of hydrogen-bond acceptors (Lipinski definition) is 1. The first-order valence-corrected chi connectivity index (χ1v) is 6.74. The van der Waals surface area contributed by atoms with Crippen LogP contribution in [0.1, 0.15) is 64.8 Å². The molecule has 2 saturated carbocycles. The van der Waals surface area contributed by atoms with Gasteiger partial charge in [0.05, 0.1) is 0 Å². The van der Waals surface area contributed by atoms with Crippen LogP contribution in [0.3, 0.4) is 0 Å². The molecule has 3 nitrogen and oxygen atoms in total. The Hall–Kier alpha value is -1.77. The average molecular weight is 240 g/mol. The minimum absolute atomic E-state index is 0.182. The van der Waals surface area contributed by atoms with Crippen molar-refractivity contribution in [3.05, 3.63) is 47.0 Å². The van der Waals surface area contributed by atoms with Crippen molar-refractivity contribution in [1.29, 1.82) is 0 Å². The lowest BCUT2D eigenvalue weighted by Crippen LogP contribution is -2.05. The van der Waals surface area contributed by atoms with Crippen molar-refractivity contribution in [2.24, 2.45) is 0 Å². The highest BCUT2D eigenvalue weighted by atomic mass is 16.1. The summed E-state index contributed by atoms with van der Waals surface area (Å²) in [6.45, 7) is 0. The van der Waals surface area contributed by atoms with Crippen molar-refractivity contribution in [2.45, 2.75) is 37.5 Å². The molecule has 2 N–H and O–H groups in total. The molecule has 0 unspecified atom stereocenters. The fourth-order valence-corrected chi connectivity index (χ4v) is 2.73. The van der Waals surface area contributed by atoms with Crippen molar-refractivity contribution in [1.82, 2.24) is 9.97 Å². The average Bonchev–Trinajstić information content (AvgIpc) is 3.32. The van der Waals surface area contributed by atoms with Gasteiger partial charge in [-0.2, -0.15) is 0 Å². The summed E-state index contributed by atoms with van der Waals surface area (Å²) >= 11 is 0. The quantitative estimate of drug-likeness (QED) is 0.791. The molecule has 2 aromatic heterocycles. The first-order valence-electron chi connectivity index (χ1n) is 6.74. The van der Waals surface area contributed by atoms with Crippen LogP contribution in [-0.2, 0) is 0 Å². The van der Waals surface area contributed by atoms with Gasteiger partial charge >= 0.3 is 0 Å². The summed E-state index contributed by atoms with van der Waals surface area (Å²) in [6.07, 6.45) is 8.63. The van der Waals surface area contributed by atoms with Crippen LogP contribution in [0.2, 0.25) is 0 Å². The molecule has 0 aromatic carbocycles. The standard InChI is InChI=1S/C15H16N2O/c18-15(11-5-7-16-13(11)9-1-2-9)12-6-8-17-14(12)10-3-4-10/h5-10,16-17H,1-4H2. The Bertz CT molecular complexity index is 547. The molecule has 2 aromatic rings. The number of nitrogens with one attached hydrogen (secondary N) is 2. The van der Waals surface area contributed by atoms with E-state index in [0.717, 1.165) is 22.5 Å². The van der Waals surface area contributed by atoms with E-state index in [2.05, 4.69) is 9.97 Å². The Morgan fingerprint density at radius 1 is 0.889 bits per heavy atom. The summed E-state index contributed by atoms with van der Waals surface area (Å²) in [7, 11) is 0. The molecule has 18 heavy (non-hydrogen) atoms. The zero-order chi connectivity index (χ0) is 12.1. The number of ketones is 1. The number of hydrogen-bond donors (Lipinski definition) is 2. The lowest BCUT2D eigenvalue weighted by atomic mass is 10.0. The van der Waals surface area contributed by atoms with Gasteiger partial charge in [-0.05, 0) is 49.7 Å². The monoisotopic (exact) mass is 240 g/mol. The maximum Gasteiger partial charge on any atom is 0.196 e. The third kappa shape index (κ3) is 1.54. The number of H-pyrrole nitrogens is 2. The maximum atomic E-state index is 12.6. The number of rotatable bonds is 4. The first kappa shape index (κ1) is 10.2. The van der Waals surface area contributed by atoms with Crippen molar-refractivity contribution >= 4 is 5.78 Å². The van der Waals surface area contributed by atoms with Gasteiger partial charge in [0.1, 0.15) is 0 Å². The van der Waals surface area contributed by atoms with E-state index in [1.54, 1.807) is 0 Å². The molecular formula is C15H16N2O. The minimum Gasteiger partial charge on any atom is -0.364 e. The fourth-order valence-electron chi connectivity index (χ4n) is 2.73. The van der Waals surface area contributed by atoms with E-state index in [0.29, 0.717) is 11.8 Å². The zero-order valence-corrected chi connectivity index (χ0v) is 10.2. The summed E-state index contributed by atoms with van der Waals surface area (Å²) in [5.74, 6) is 1.35. The van der Waals surface area contributed by atoms with Crippen LogP contribution in [0.15, 0.2) is 24.5 Å². The van der Waals surface area contributed by atoms with Gasteiger partial charge < -0.3 is 9.97 Å². The molecule has 4 rings (SSSR count). The molecule has 0 amide bonds. The van der Waals surface area contributed by atoms with Crippen molar-refractivity contribution in [3.63, 3.8) is 0 Å². The number of carbonyl (C=O) groups is 1. The maximum absolute atomic E-state index is 12.6. The molecule has 3 heteroatoms. The Labute approximate surface area is 106 Å². The second-order valence-corrected chi connectivity index (χ2v) is 5.49. The zero-order valence-electron chi connectivity index (χ0n) is 10.2. The van der Waals surface area contributed by atoms with E-state index in [-0.39, 0.29) is 5.78 Å². The van der Waals surface area contributed by atoms with Crippen molar-refractivity contribution < 1.29 is 4.79 Å². The van der Waals surface area contributed by atoms with Gasteiger partial charge in [0.2, 0.25) is 0 Å². The molecule has 0 saturated heterocycles. The third-order valence-electron chi connectivity index (χ3n) is 4.02. The van der Waals surface area contributed by atoms with Gasteiger partial charge in [0.15, 0.2) is 5.78 Å². The summed E-state index contributed by atoms with van der Waals surface area (Å²) in [5.41, 5.74) is 4.03. The lowest BCUT2D eigenvalue weighted by molar-refractivity contribution is 0.103. The van der Waals surface area contributed by atoms with E-state index in [1.807, 2.05) is 24.5 Å². The van der Waals surface area contributed by atoms with Gasteiger partial charge in [-0.15, -0.1) is 0 Å². The molecule has 0 spiro atoms. The number of aromatic amines is 2. The Balaban J connectivity index is 1.72. The van der Waals surface area contributed by atoms with Crippen molar-refractivity contribution in [2.75, 3.05) is 0 Å². The summed E-state index contributed by atoms with van der Waals surface area (Å²) in [4.78, 5) is 19.1.